The van der Waals surface area contributed by atoms with Gasteiger partial charge in [0.25, 0.3) is 0 Å². The van der Waals surface area contributed by atoms with Gasteiger partial charge in [0.05, 0.1) is 0 Å². The van der Waals surface area contributed by atoms with Crippen molar-refractivity contribution in [3.8, 4) is 0 Å². The molecule has 0 saturated carbocycles. The van der Waals surface area contributed by atoms with Gasteiger partial charge in [-0.2, -0.15) is 0 Å². The van der Waals surface area contributed by atoms with Crippen molar-refractivity contribution in [2.75, 3.05) is 11.1 Å². The van der Waals surface area contributed by atoms with Crippen LogP contribution in [0.25, 0.3) is 10.8 Å². The van der Waals surface area contributed by atoms with E-state index in [1.54, 1.807) is 6.07 Å². The lowest BCUT2D eigenvalue weighted by Gasteiger charge is -2.11. The maximum absolute atomic E-state index is 13.8. The Morgan fingerprint density at radius 2 is 1.71 bits per heavy atom. The molecule has 2 aromatic carbocycles. The zero-order chi connectivity index (χ0) is 15.0. The number of nitrogen functional groups attached to an aromatic ring is 1. The maximum atomic E-state index is 13.8. The third-order valence-electron chi connectivity index (χ3n) is 3.08. The first-order valence-corrected chi connectivity index (χ1v) is 6.91. The molecule has 6 heteroatoms. The van der Waals surface area contributed by atoms with Crippen molar-refractivity contribution in [1.82, 2.24) is 4.98 Å². The van der Waals surface area contributed by atoms with Crippen molar-refractivity contribution in [2.24, 2.45) is 0 Å². The van der Waals surface area contributed by atoms with Gasteiger partial charge in [-0.25, -0.2) is 13.8 Å². The highest BCUT2D eigenvalue weighted by atomic mass is 79.9. The molecule has 1 heterocycles. The van der Waals surface area contributed by atoms with Crippen LogP contribution in [0.5, 0.6) is 0 Å². The van der Waals surface area contributed by atoms with E-state index in [4.69, 9.17) is 5.73 Å². The first-order valence-electron chi connectivity index (χ1n) is 6.12. The van der Waals surface area contributed by atoms with Crippen LogP contribution in [0.2, 0.25) is 0 Å². The van der Waals surface area contributed by atoms with Gasteiger partial charge in [-0.1, -0.05) is 40.2 Å². The Kier molecular flexibility index (Phi) is 3.47. The van der Waals surface area contributed by atoms with Crippen LogP contribution < -0.4 is 11.1 Å². The molecule has 0 amide bonds. The van der Waals surface area contributed by atoms with Crippen LogP contribution >= 0.6 is 15.9 Å². The topological polar surface area (TPSA) is 50.9 Å². The van der Waals surface area contributed by atoms with E-state index in [1.165, 1.54) is 0 Å². The monoisotopic (exact) mass is 349 g/mol. The van der Waals surface area contributed by atoms with Gasteiger partial charge in [-0.3, -0.25) is 0 Å². The van der Waals surface area contributed by atoms with Crippen molar-refractivity contribution in [3.05, 3.63) is 58.6 Å². The minimum atomic E-state index is -0.876. The number of nitrogens with two attached hydrogens (primary N) is 1. The predicted octanol–water partition coefficient (Wildman–Crippen LogP) is 4.60. The fraction of sp³-hybridized carbons (Fsp3) is 0. The van der Waals surface area contributed by atoms with E-state index in [0.717, 1.165) is 15.2 Å². The van der Waals surface area contributed by atoms with Crippen molar-refractivity contribution in [3.63, 3.8) is 0 Å². The molecule has 106 valence electrons. The molecule has 0 fully saturated rings. The second kappa shape index (κ2) is 5.29. The molecule has 0 aliphatic heterocycles. The second-order valence-electron chi connectivity index (χ2n) is 4.45. The summed E-state index contributed by atoms with van der Waals surface area (Å²) in [7, 11) is 0. The lowest BCUT2D eigenvalue weighted by atomic mass is 10.1. The van der Waals surface area contributed by atoms with E-state index in [1.807, 2.05) is 30.3 Å². The average molecular weight is 350 g/mol. The van der Waals surface area contributed by atoms with Gasteiger partial charge in [-0.05, 0) is 17.5 Å². The van der Waals surface area contributed by atoms with Crippen LogP contribution in [0.4, 0.5) is 26.1 Å². The standard InChI is InChI=1S/C15H10BrF2N3/c16-10-5-6-13(9-4-2-1-3-8(9)10)20-15-12(18)7-11(17)14(19)21-15/h1-7H,(H3,19,20,21). The Morgan fingerprint density at radius 3 is 2.48 bits per heavy atom. The summed E-state index contributed by atoms with van der Waals surface area (Å²) in [5.74, 6) is -2.13. The molecule has 0 aliphatic rings. The van der Waals surface area contributed by atoms with Gasteiger partial charge in [0.2, 0.25) is 0 Å². The summed E-state index contributed by atoms with van der Waals surface area (Å²) in [5, 5.41) is 4.71. The third kappa shape index (κ3) is 2.54. The van der Waals surface area contributed by atoms with Gasteiger partial charge < -0.3 is 11.1 Å². The molecule has 0 spiro atoms. The highest BCUT2D eigenvalue weighted by molar-refractivity contribution is 9.10. The minimum absolute atomic E-state index is 0.110. The first-order chi connectivity index (χ1) is 10.1. The highest BCUT2D eigenvalue weighted by Crippen LogP contribution is 2.32. The molecule has 0 atom stereocenters. The number of hydrogen-bond acceptors (Lipinski definition) is 3. The molecule has 21 heavy (non-hydrogen) atoms. The quantitative estimate of drug-likeness (QED) is 0.710. The van der Waals surface area contributed by atoms with Crippen LogP contribution in [0.1, 0.15) is 0 Å². The Bertz CT molecular complexity index is 837. The number of anilines is 3. The fourth-order valence-electron chi connectivity index (χ4n) is 2.07. The molecule has 0 radical (unpaired) electrons. The molecule has 3 rings (SSSR count). The van der Waals surface area contributed by atoms with Gasteiger partial charge in [0.1, 0.15) is 0 Å². The molecule has 3 N–H and O–H groups in total. The molecule has 0 saturated heterocycles. The lowest BCUT2D eigenvalue weighted by molar-refractivity contribution is 0.581. The molecule has 1 aromatic heterocycles. The molecule has 0 aliphatic carbocycles. The highest BCUT2D eigenvalue weighted by Gasteiger charge is 2.11. The number of fused-ring (bicyclic) bond motifs is 1. The van der Waals surface area contributed by atoms with E-state index in [0.29, 0.717) is 11.8 Å². The first kappa shape index (κ1) is 13.8. The summed E-state index contributed by atoms with van der Waals surface area (Å²) >= 11 is 3.46. The number of rotatable bonds is 2. The zero-order valence-electron chi connectivity index (χ0n) is 10.7. The number of benzene rings is 2. The molecular formula is C15H10BrF2N3. The molecule has 3 aromatic rings. The molecular weight excluding hydrogens is 340 g/mol. The van der Waals surface area contributed by atoms with Crippen LogP contribution in [-0.2, 0) is 0 Å². The lowest BCUT2D eigenvalue weighted by Crippen LogP contribution is -2.03. The summed E-state index contributed by atoms with van der Waals surface area (Å²) in [4.78, 5) is 3.70. The van der Waals surface area contributed by atoms with Crippen LogP contribution in [0, 0.1) is 11.6 Å². The average Bonchev–Trinajstić information content (AvgIpc) is 2.48. The summed E-state index contributed by atoms with van der Waals surface area (Å²) in [5.41, 5.74) is 6.04. The third-order valence-corrected chi connectivity index (χ3v) is 3.77. The number of nitrogens with one attached hydrogen (secondary N) is 1. The van der Waals surface area contributed by atoms with Crippen LogP contribution in [-0.4, -0.2) is 4.98 Å². The summed E-state index contributed by atoms with van der Waals surface area (Å²) in [6.45, 7) is 0. The van der Waals surface area contributed by atoms with Gasteiger partial charge in [-0.15, -0.1) is 0 Å². The number of aromatic nitrogens is 1. The fourth-order valence-corrected chi connectivity index (χ4v) is 2.55. The van der Waals surface area contributed by atoms with E-state index in [2.05, 4.69) is 26.2 Å². The molecule has 0 unspecified atom stereocenters. The largest absolute Gasteiger partial charge is 0.381 e. The number of halogens is 3. The summed E-state index contributed by atoms with van der Waals surface area (Å²) < 4.78 is 27.8. The normalized spacial score (nSPS) is 10.8. The van der Waals surface area contributed by atoms with Gasteiger partial charge >= 0.3 is 0 Å². The van der Waals surface area contributed by atoms with Crippen molar-refractivity contribution in [1.29, 1.82) is 0 Å². The summed E-state index contributed by atoms with van der Waals surface area (Å²) in [6, 6.07) is 12.0. The van der Waals surface area contributed by atoms with Crippen LogP contribution in [0.3, 0.4) is 0 Å². The Hall–Kier alpha value is -2.21. The molecule has 0 bridgehead atoms. The van der Waals surface area contributed by atoms with Crippen molar-refractivity contribution >= 4 is 44.0 Å². The maximum Gasteiger partial charge on any atom is 0.169 e. The van der Waals surface area contributed by atoms with E-state index in [9.17, 15) is 8.78 Å². The number of hydrogen-bond donors (Lipinski definition) is 2. The number of pyridine rings is 1. The van der Waals surface area contributed by atoms with E-state index in [-0.39, 0.29) is 11.6 Å². The van der Waals surface area contributed by atoms with Crippen molar-refractivity contribution < 1.29 is 8.78 Å². The zero-order valence-corrected chi connectivity index (χ0v) is 12.3. The van der Waals surface area contributed by atoms with E-state index < -0.39 is 11.6 Å². The summed E-state index contributed by atoms with van der Waals surface area (Å²) in [6.07, 6.45) is 0. The van der Waals surface area contributed by atoms with E-state index >= 15 is 0 Å². The minimum Gasteiger partial charge on any atom is -0.381 e. The van der Waals surface area contributed by atoms with Gasteiger partial charge in [0.15, 0.2) is 23.3 Å². The predicted molar refractivity (Wildman–Crippen MR) is 83.5 cm³/mol. The smallest absolute Gasteiger partial charge is 0.169 e. The Morgan fingerprint density at radius 1 is 1.00 bits per heavy atom. The SMILES string of the molecule is Nc1nc(Nc2ccc(Br)c3ccccc23)c(F)cc1F. The second-order valence-corrected chi connectivity index (χ2v) is 5.31. The molecule has 3 nitrogen and oxygen atoms in total. The van der Waals surface area contributed by atoms with Crippen molar-refractivity contribution in [2.45, 2.75) is 0 Å². The Balaban J connectivity index is 2.11. The van der Waals surface area contributed by atoms with Gasteiger partial charge in [0, 0.05) is 21.6 Å². The van der Waals surface area contributed by atoms with Crippen LogP contribution in [0.15, 0.2) is 46.9 Å². The number of nitrogens with zero attached hydrogens (tertiary/aromatic N) is 1. The Labute approximate surface area is 127 Å².